The Morgan fingerprint density at radius 1 is 1.14 bits per heavy atom. The highest BCUT2D eigenvalue weighted by Crippen LogP contribution is 2.18. The molecule has 0 bridgehead atoms. The molecule has 1 N–H and O–H groups in total. The summed E-state index contributed by atoms with van der Waals surface area (Å²) in [6, 6.07) is 7.04. The van der Waals surface area contributed by atoms with Crippen LogP contribution < -0.4 is 5.32 Å². The van der Waals surface area contributed by atoms with Crippen molar-refractivity contribution in [3.63, 3.8) is 0 Å². The predicted octanol–water partition coefficient (Wildman–Crippen LogP) is 1.04. The molecule has 0 spiro atoms. The number of rotatable bonds is 5. The first-order valence-electron chi connectivity index (χ1n) is 10.2. The van der Waals surface area contributed by atoms with Crippen LogP contribution in [0.25, 0.3) is 0 Å². The molecule has 0 aliphatic carbocycles. The molecule has 2 heterocycles. The summed E-state index contributed by atoms with van der Waals surface area (Å²) in [4.78, 5) is 42.7. The van der Waals surface area contributed by atoms with Crippen LogP contribution >= 0.6 is 0 Å². The molecule has 1 aromatic rings. The number of carbonyl (C=O) groups excluding carboxylic acids is 3. The normalized spacial score (nSPS) is 20.2. The van der Waals surface area contributed by atoms with Crippen LogP contribution in [0.1, 0.15) is 29.6 Å². The van der Waals surface area contributed by atoms with E-state index in [2.05, 4.69) is 10.2 Å². The van der Waals surface area contributed by atoms with Crippen LogP contribution in [0.4, 0.5) is 5.69 Å². The Kier molecular flexibility index (Phi) is 7.22. The smallest absolute Gasteiger partial charge is 0.253 e. The van der Waals surface area contributed by atoms with Crippen molar-refractivity contribution in [3.8, 4) is 0 Å². The Morgan fingerprint density at radius 2 is 1.97 bits per heavy atom. The molecule has 2 aliphatic heterocycles. The maximum atomic E-state index is 13.0. The number of carbonyl (C=O) groups is 3. The van der Waals surface area contributed by atoms with E-state index in [1.807, 2.05) is 4.90 Å². The van der Waals surface area contributed by atoms with Gasteiger partial charge in [0.1, 0.15) is 6.10 Å². The lowest BCUT2D eigenvalue weighted by Gasteiger charge is -2.23. The van der Waals surface area contributed by atoms with E-state index >= 15 is 0 Å². The van der Waals surface area contributed by atoms with Crippen LogP contribution in [0.2, 0.25) is 0 Å². The van der Waals surface area contributed by atoms with Crippen LogP contribution in [0.15, 0.2) is 24.3 Å². The first kappa shape index (κ1) is 21.3. The third-order valence-corrected chi connectivity index (χ3v) is 5.33. The van der Waals surface area contributed by atoms with Gasteiger partial charge in [0.05, 0.1) is 6.54 Å². The number of hydrogen-bond donors (Lipinski definition) is 1. The van der Waals surface area contributed by atoms with Gasteiger partial charge in [0.15, 0.2) is 0 Å². The van der Waals surface area contributed by atoms with Crippen molar-refractivity contribution in [1.82, 2.24) is 14.7 Å². The first-order chi connectivity index (χ1) is 13.9. The van der Waals surface area contributed by atoms with Crippen molar-refractivity contribution in [1.29, 1.82) is 0 Å². The topological polar surface area (TPSA) is 82.2 Å². The van der Waals surface area contributed by atoms with Gasteiger partial charge < -0.3 is 19.9 Å². The fourth-order valence-corrected chi connectivity index (χ4v) is 3.58. The summed E-state index contributed by atoms with van der Waals surface area (Å²) in [5.41, 5.74) is 1.15. The minimum atomic E-state index is -0.407. The SMILES string of the molecule is CN(C)C(=O)CN1CCCN(C(=O)c2cccc(NC(=O)C3CCCO3)c2)CC1. The summed E-state index contributed by atoms with van der Waals surface area (Å²) in [7, 11) is 3.50. The second-order valence-corrected chi connectivity index (χ2v) is 7.78. The lowest BCUT2D eigenvalue weighted by Crippen LogP contribution is -2.39. The number of anilines is 1. The van der Waals surface area contributed by atoms with Gasteiger partial charge in [-0.25, -0.2) is 0 Å². The van der Waals surface area contributed by atoms with Gasteiger partial charge in [0, 0.05) is 58.1 Å². The quantitative estimate of drug-likeness (QED) is 0.796. The van der Waals surface area contributed by atoms with E-state index in [0.29, 0.717) is 44.0 Å². The van der Waals surface area contributed by atoms with Crippen molar-refractivity contribution in [2.45, 2.75) is 25.4 Å². The molecule has 0 aromatic heterocycles. The Labute approximate surface area is 171 Å². The summed E-state index contributed by atoms with van der Waals surface area (Å²) < 4.78 is 5.41. The summed E-state index contributed by atoms with van der Waals surface area (Å²) >= 11 is 0. The molecule has 0 radical (unpaired) electrons. The molecule has 0 saturated carbocycles. The summed E-state index contributed by atoms with van der Waals surface area (Å²) in [6.45, 7) is 3.67. The largest absolute Gasteiger partial charge is 0.368 e. The van der Waals surface area contributed by atoms with Crippen LogP contribution in [-0.4, -0.2) is 92.0 Å². The molecular weight excluding hydrogens is 372 g/mol. The first-order valence-corrected chi connectivity index (χ1v) is 10.2. The van der Waals surface area contributed by atoms with Gasteiger partial charge in [-0.1, -0.05) is 6.07 Å². The van der Waals surface area contributed by atoms with Crippen LogP contribution in [0.3, 0.4) is 0 Å². The molecule has 3 amide bonds. The second-order valence-electron chi connectivity index (χ2n) is 7.78. The van der Waals surface area contributed by atoms with Gasteiger partial charge >= 0.3 is 0 Å². The van der Waals surface area contributed by atoms with E-state index in [1.165, 1.54) is 0 Å². The van der Waals surface area contributed by atoms with Crippen molar-refractivity contribution in [2.24, 2.45) is 0 Å². The van der Waals surface area contributed by atoms with E-state index in [1.54, 1.807) is 43.3 Å². The highest BCUT2D eigenvalue weighted by molar-refractivity contribution is 5.98. The van der Waals surface area contributed by atoms with E-state index in [-0.39, 0.29) is 17.7 Å². The highest BCUT2D eigenvalue weighted by Gasteiger charge is 2.25. The predicted molar refractivity (Wildman–Crippen MR) is 110 cm³/mol. The van der Waals surface area contributed by atoms with Crippen molar-refractivity contribution in [2.75, 3.05) is 58.7 Å². The summed E-state index contributed by atoms with van der Waals surface area (Å²) in [5, 5.41) is 2.85. The number of hydrogen-bond acceptors (Lipinski definition) is 5. The van der Waals surface area contributed by atoms with Crippen molar-refractivity contribution >= 4 is 23.4 Å². The van der Waals surface area contributed by atoms with Gasteiger partial charge in [-0.3, -0.25) is 19.3 Å². The lowest BCUT2D eigenvalue weighted by molar-refractivity contribution is -0.129. The maximum absolute atomic E-state index is 13.0. The third kappa shape index (κ3) is 5.77. The molecule has 8 heteroatoms. The fourth-order valence-electron chi connectivity index (χ4n) is 3.58. The van der Waals surface area contributed by atoms with Gasteiger partial charge in [-0.2, -0.15) is 0 Å². The number of likely N-dealkylation sites (N-methyl/N-ethyl adjacent to an activating group) is 1. The number of benzene rings is 1. The molecule has 1 aromatic carbocycles. The zero-order chi connectivity index (χ0) is 20.8. The molecule has 1 unspecified atom stereocenters. The molecule has 29 heavy (non-hydrogen) atoms. The van der Waals surface area contributed by atoms with Gasteiger partial charge in [-0.05, 0) is 37.5 Å². The molecule has 2 aliphatic rings. The number of amides is 3. The van der Waals surface area contributed by atoms with Crippen LogP contribution in [0, 0.1) is 0 Å². The van der Waals surface area contributed by atoms with Gasteiger partial charge in [0.25, 0.3) is 11.8 Å². The Hall–Kier alpha value is -2.45. The molecule has 2 fully saturated rings. The lowest BCUT2D eigenvalue weighted by atomic mass is 10.1. The maximum Gasteiger partial charge on any atom is 0.253 e. The van der Waals surface area contributed by atoms with Crippen LogP contribution in [-0.2, 0) is 14.3 Å². The van der Waals surface area contributed by atoms with E-state index in [4.69, 9.17) is 4.74 Å². The van der Waals surface area contributed by atoms with Gasteiger partial charge in [-0.15, -0.1) is 0 Å². The summed E-state index contributed by atoms with van der Waals surface area (Å²) in [6.07, 6.45) is 2.03. The Bertz CT molecular complexity index is 746. The van der Waals surface area contributed by atoms with E-state index in [0.717, 1.165) is 25.8 Å². The summed E-state index contributed by atoms with van der Waals surface area (Å²) in [5.74, 6) is -0.151. The van der Waals surface area contributed by atoms with Gasteiger partial charge in [0.2, 0.25) is 5.91 Å². The highest BCUT2D eigenvalue weighted by atomic mass is 16.5. The van der Waals surface area contributed by atoms with E-state index in [9.17, 15) is 14.4 Å². The Morgan fingerprint density at radius 3 is 2.69 bits per heavy atom. The average molecular weight is 402 g/mol. The molecular formula is C21H30N4O4. The monoisotopic (exact) mass is 402 g/mol. The second kappa shape index (κ2) is 9.84. The van der Waals surface area contributed by atoms with Crippen molar-refractivity contribution in [3.05, 3.63) is 29.8 Å². The number of nitrogens with zero attached hydrogens (tertiary/aromatic N) is 3. The standard InChI is InChI=1S/C21H30N4O4/c1-23(2)19(26)15-24-9-5-10-25(12-11-24)21(28)16-6-3-7-17(14-16)22-20(27)18-8-4-13-29-18/h3,6-7,14,18H,4-5,8-13,15H2,1-2H3,(H,22,27). The molecule has 1 atom stereocenters. The van der Waals surface area contributed by atoms with Crippen LogP contribution in [0.5, 0.6) is 0 Å². The minimum absolute atomic E-state index is 0.0565. The molecule has 3 rings (SSSR count). The molecule has 8 nitrogen and oxygen atoms in total. The van der Waals surface area contributed by atoms with E-state index < -0.39 is 6.10 Å². The number of ether oxygens (including phenoxy) is 1. The third-order valence-electron chi connectivity index (χ3n) is 5.33. The Balaban J connectivity index is 1.58. The zero-order valence-corrected chi connectivity index (χ0v) is 17.2. The number of nitrogens with one attached hydrogen (secondary N) is 1. The molecule has 158 valence electrons. The minimum Gasteiger partial charge on any atom is -0.368 e. The molecule has 2 saturated heterocycles. The average Bonchev–Trinajstić information content (AvgIpc) is 3.15. The van der Waals surface area contributed by atoms with Crippen molar-refractivity contribution < 1.29 is 19.1 Å². The zero-order valence-electron chi connectivity index (χ0n) is 17.2. The fraction of sp³-hybridized carbons (Fsp3) is 0.571.